The molecule has 2 atom stereocenters. The highest BCUT2D eigenvalue weighted by Crippen LogP contribution is 2.49. The van der Waals surface area contributed by atoms with Gasteiger partial charge in [-0.3, -0.25) is 0 Å². The zero-order valence-electron chi connectivity index (χ0n) is 10.8. The van der Waals surface area contributed by atoms with E-state index in [1.54, 1.807) is 12.1 Å². The Morgan fingerprint density at radius 2 is 1.11 bits per heavy atom. The summed E-state index contributed by atoms with van der Waals surface area (Å²) in [5.74, 6) is 1.34. The molecule has 1 aliphatic carbocycles. The van der Waals surface area contributed by atoms with Crippen LogP contribution < -0.4 is 0 Å². The van der Waals surface area contributed by atoms with Gasteiger partial charge >= 0.3 is 0 Å². The predicted octanol–water partition coefficient (Wildman–Crippen LogP) is 4.15. The van der Waals surface area contributed by atoms with E-state index in [2.05, 4.69) is 0 Å². The molecule has 3 rings (SSSR count). The number of aromatic hydroxyl groups is 2. The van der Waals surface area contributed by atoms with E-state index in [0.717, 1.165) is 30.4 Å². The van der Waals surface area contributed by atoms with Gasteiger partial charge < -0.3 is 10.2 Å². The van der Waals surface area contributed by atoms with Crippen molar-refractivity contribution in [1.29, 1.82) is 0 Å². The SMILES string of the molecule is Oc1ccccc1C1CCCC1c1ccccc1O. The predicted molar refractivity (Wildman–Crippen MR) is 75.5 cm³/mol. The van der Waals surface area contributed by atoms with Crippen molar-refractivity contribution in [2.75, 3.05) is 0 Å². The summed E-state index contributed by atoms with van der Waals surface area (Å²) < 4.78 is 0. The van der Waals surface area contributed by atoms with Crippen LogP contribution in [0.25, 0.3) is 0 Å². The molecule has 0 bridgehead atoms. The Morgan fingerprint density at radius 3 is 1.53 bits per heavy atom. The van der Waals surface area contributed by atoms with Crippen molar-refractivity contribution in [3.63, 3.8) is 0 Å². The first-order chi connectivity index (χ1) is 9.27. The van der Waals surface area contributed by atoms with Crippen molar-refractivity contribution in [2.45, 2.75) is 31.1 Å². The van der Waals surface area contributed by atoms with Gasteiger partial charge in [-0.2, -0.15) is 0 Å². The number of phenols is 2. The summed E-state index contributed by atoms with van der Waals surface area (Å²) in [6.45, 7) is 0. The van der Waals surface area contributed by atoms with Crippen LogP contribution in [0, 0.1) is 0 Å². The molecule has 98 valence electrons. The fourth-order valence-corrected chi connectivity index (χ4v) is 3.31. The molecule has 19 heavy (non-hydrogen) atoms. The molecule has 1 aliphatic rings. The van der Waals surface area contributed by atoms with Crippen LogP contribution >= 0.6 is 0 Å². The third-order valence-electron chi connectivity index (χ3n) is 4.19. The van der Waals surface area contributed by atoms with Crippen LogP contribution in [-0.2, 0) is 0 Å². The molecule has 0 saturated heterocycles. The summed E-state index contributed by atoms with van der Waals surface area (Å²) in [4.78, 5) is 0. The van der Waals surface area contributed by atoms with Gasteiger partial charge in [-0.15, -0.1) is 0 Å². The second kappa shape index (κ2) is 4.96. The number of hydrogen-bond acceptors (Lipinski definition) is 2. The highest BCUT2D eigenvalue weighted by Gasteiger charge is 2.32. The second-order valence-electron chi connectivity index (χ2n) is 5.26. The molecule has 0 spiro atoms. The smallest absolute Gasteiger partial charge is 0.119 e. The van der Waals surface area contributed by atoms with E-state index >= 15 is 0 Å². The van der Waals surface area contributed by atoms with Crippen molar-refractivity contribution >= 4 is 0 Å². The highest BCUT2D eigenvalue weighted by atomic mass is 16.3. The van der Waals surface area contributed by atoms with Crippen LogP contribution in [-0.4, -0.2) is 10.2 Å². The monoisotopic (exact) mass is 254 g/mol. The summed E-state index contributed by atoms with van der Waals surface area (Å²) >= 11 is 0. The summed E-state index contributed by atoms with van der Waals surface area (Å²) in [6, 6.07) is 15.1. The number of hydrogen-bond donors (Lipinski definition) is 2. The summed E-state index contributed by atoms with van der Waals surface area (Å²) in [5, 5.41) is 20.1. The largest absolute Gasteiger partial charge is 0.508 e. The van der Waals surface area contributed by atoms with Crippen molar-refractivity contribution in [3.8, 4) is 11.5 Å². The van der Waals surface area contributed by atoms with E-state index in [0.29, 0.717) is 23.3 Å². The topological polar surface area (TPSA) is 40.5 Å². The lowest BCUT2D eigenvalue weighted by Gasteiger charge is -2.22. The molecule has 0 aliphatic heterocycles. The van der Waals surface area contributed by atoms with E-state index in [9.17, 15) is 10.2 Å². The molecule has 2 aromatic rings. The van der Waals surface area contributed by atoms with Gasteiger partial charge in [0.05, 0.1) is 0 Å². The Morgan fingerprint density at radius 1 is 0.684 bits per heavy atom. The molecule has 2 aromatic carbocycles. The van der Waals surface area contributed by atoms with Crippen LogP contribution in [0.4, 0.5) is 0 Å². The maximum Gasteiger partial charge on any atom is 0.119 e. The van der Waals surface area contributed by atoms with Gasteiger partial charge in [0.1, 0.15) is 11.5 Å². The van der Waals surface area contributed by atoms with Crippen molar-refractivity contribution in [3.05, 3.63) is 59.7 Å². The third kappa shape index (κ3) is 2.19. The summed E-state index contributed by atoms with van der Waals surface area (Å²) in [5.41, 5.74) is 2.02. The lowest BCUT2D eigenvalue weighted by atomic mass is 9.83. The van der Waals surface area contributed by atoms with Crippen LogP contribution in [0.1, 0.15) is 42.2 Å². The van der Waals surface area contributed by atoms with E-state index < -0.39 is 0 Å². The standard InChI is InChI=1S/C17H18O2/c18-16-10-3-1-6-14(16)12-8-5-9-13(12)15-7-2-4-11-17(15)19/h1-4,6-7,10-13,18-19H,5,8-9H2. The number of rotatable bonds is 2. The first-order valence-corrected chi connectivity index (χ1v) is 6.83. The van der Waals surface area contributed by atoms with Crippen LogP contribution in [0.15, 0.2) is 48.5 Å². The first kappa shape index (κ1) is 12.1. The molecule has 0 heterocycles. The zero-order valence-corrected chi connectivity index (χ0v) is 10.8. The van der Waals surface area contributed by atoms with Gasteiger partial charge in [-0.25, -0.2) is 0 Å². The van der Waals surface area contributed by atoms with Crippen LogP contribution in [0.5, 0.6) is 11.5 Å². The normalized spacial score (nSPS) is 22.5. The molecule has 1 saturated carbocycles. The number of para-hydroxylation sites is 2. The molecule has 0 aromatic heterocycles. The van der Waals surface area contributed by atoms with Crippen LogP contribution in [0.2, 0.25) is 0 Å². The Labute approximate surface area is 113 Å². The van der Waals surface area contributed by atoms with Gasteiger partial charge in [0.2, 0.25) is 0 Å². The minimum atomic E-state index is 0.300. The molecule has 2 N–H and O–H groups in total. The Hall–Kier alpha value is -1.96. The molecule has 2 nitrogen and oxygen atoms in total. The number of benzene rings is 2. The van der Waals surface area contributed by atoms with Crippen molar-refractivity contribution in [2.24, 2.45) is 0 Å². The first-order valence-electron chi connectivity index (χ1n) is 6.83. The second-order valence-corrected chi connectivity index (χ2v) is 5.26. The van der Waals surface area contributed by atoms with Crippen molar-refractivity contribution < 1.29 is 10.2 Å². The molecule has 1 fully saturated rings. The molecule has 0 amide bonds. The average molecular weight is 254 g/mol. The number of phenolic OH excluding ortho intramolecular Hbond substituents is 2. The minimum absolute atomic E-state index is 0.300. The Bertz CT molecular complexity index is 525. The maximum atomic E-state index is 10.0. The quantitative estimate of drug-likeness (QED) is 0.845. The maximum absolute atomic E-state index is 10.0. The molecular weight excluding hydrogens is 236 g/mol. The van der Waals surface area contributed by atoms with Crippen LogP contribution in [0.3, 0.4) is 0 Å². The Kier molecular flexibility index (Phi) is 3.16. The van der Waals surface area contributed by atoms with Gasteiger partial charge in [-0.05, 0) is 47.9 Å². The summed E-state index contributed by atoms with van der Waals surface area (Å²) in [6.07, 6.45) is 3.27. The Balaban J connectivity index is 1.99. The molecular formula is C17H18O2. The lowest BCUT2D eigenvalue weighted by molar-refractivity contribution is 0.444. The van der Waals surface area contributed by atoms with Gasteiger partial charge in [-0.1, -0.05) is 42.8 Å². The minimum Gasteiger partial charge on any atom is -0.508 e. The van der Waals surface area contributed by atoms with E-state index in [4.69, 9.17) is 0 Å². The van der Waals surface area contributed by atoms with E-state index in [1.165, 1.54) is 0 Å². The fraction of sp³-hybridized carbons (Fsp3) is 0.294. The van der Waals surface area contributed by atoms with Crippen molar-refractivity contribution in [1.82, 2.24) is 0 Å². The van der Waals surface area contributed by atoms with E-state index in [1.807, 2.05) is 36.4 Å². The fourth-order valence-electron chi connectivity index (χ4n) is 3.31. The van der Waals surface area contributed by atoms with Gasteiger partial charge in [0.15, 0.2) is 0 Å². The average Bonchev–Trinajstić information content (AvgIpc) is 2.89. The molecule has 0 radical (unpaired) electrons. The molecule has 2 heteroatoms. The molecule has 2 unspecified atom stereocenters. The lowest BCUT2D eigenvalue weighted by Crippen LogP contribution is -2.05. The van der Waals surface area contributed by atoms with E-state index in [-0.39, 0.29) is 0 Å². The van der Waals surface area contributed by atoms with Gasteiger partial charge in [0.25, 0.3) is 0 Å². The summed E-state index contributed by atoms with van der Waals surface area (Å²) in [7, 11) is 0. The van der Waals surface area contributed by atoms with Gasteiger partial charge in [0, 0.05) is 0 Å². The highest BCUT2D eigenvalue weighted by molar-refractivity contribution is 5.42. The third-order valence-corrected chi connectivity index (χ3v) is 4.19. The zero-order chi connectivity index (χ0) is 13.2.